The Morgan fingerprint density at radius 2 is 2.00 bits per heavy atom. The first-order chi connectivity index (χ1) is 8.18. The summed E-state index contributed by atoms with van der Waals surface area (Å²) in [6.07, 6.45) is 10.1. The lowest BCUT2D eigenvalue weighted by atomic mass is 10.00. The van der Waals surface area contributed by atoms with E-state index >= 15 is 0 Å². The number of hydrogen-bond donors (Lipinski definition) is 0. The molecular formula is C15H26O2. The first-order valence-electron chi connectivity index (χ1n) is 6.69. The predicted octanol–water partition coefficient (Wildman–Crippen LogP) is 3.94. The van der Waals surface area contributed by atoms with Gasteiger partial charge in [0.1, 0.15) is 6.79 Å². The molecule has 1 rings (SSSR count). The Balaban J connectivity index is 1.97. The second kappa shape index (κ2) is 8.48. The van der Waals surface area contributed by atoms with Gasteiger partial charge in [0, 0.05) is 0 Å². The molecule has 0 aromatic heterocycles. The average molecular weight is 238 g/mol. The maximum atomic E-state index is 5.51. The van der Waals surface area contributed by atoms with Crippen molar-refractivity contribution < 1.29 is 9.47 Å². The fraction of sp³-hybridized carbons (Fsp3) is 0.733. The SMILES string of the molecule is CC(C)CC(C)COCOCC1=CCCC=C1. The molecule has 0 N–H and O–H groups in total. The van der Waals surface area contributed by atoms with Crippen molar-refractivity contribution >= 4 is 0 Å². The van der Waals surface area contributed by atoms with E-state index in [-0.39, 0.29) is 0 Å². The molecule has 0 aromatic carbocycles. The molecule has 0 heterocycles. The maximum Gasteiger partial charge on any atom is 0.147 e. The van der Waals surface area contributed by atoms with Crippen molar-refractivity contribution in [3.63, 3.8) is 0 Å². The fourth-order valence-electron chi connectivity index (χ4n) is 2.12. The van der Waals surface area contributed by atoms with Gasteiger partial charge in [-0.15, -0.1) is 0 Å². The smallest absolute Gasteiger partial charge is 0.147 e. The van der Waals surface area contributed by atoms with Crippen LogP contribution in [0.1, 0.15) is 40.0 Å². The van der Waals surface area contributed by atoms with Crippen LogP contribution >= 0.6 is 0 Å². The summed E-state index contributed by atoms with van der Waals surface area (Å²) in [4.78, 5) is 0. The van der Waals surface area contributed by atoms with E-state index in [1.807, 2.05) is 0 Å². The Labute approximate surface area is 106 Å². The van der Waals surface area contributed by atoms with Gasteiger partial charge in [-0.1, -0.05) is 39.0 Å². The van der Waals surface area contributed by atoms with E-state index < -0.39 is 0 Å². The van der Waals surface area contributed by atoms with Crippen LogP contribution in [-0.2, 0) is 9.47 Å². The zero-order valence-electron chi connectivity index (χ0n) is 11.4. The molecule has 2 nitrogen and oxygen atoms in total. The van der Waals surface area contributed by atoms with Crippen LogP contribution in [0, 0.1) is 11.8 Å². The highest BCUT2D eigenvalue weighted by Crippen LogP contribution is 2.12. The van der Waals surface area contributed by atoms with Gasteiger partial charge in [0.25, 0.3) is 0 Å². The number of ether oxygens (including phenoxy) is 2. The van der Waals surface area contributed by atoms with Gasteiger partial charge in [-0.3, -0.25) is 0 Å². The summed E-state index contributed by atoms with van der Waals surface area (Å²) < 4.78 is 11.0. The lowest BCUT2D eigenvalue weighted by Crippen LogP contribution is -2.11. The first kappa shape index (κ1) is 14.5. The number of hydrogen-bond acceptors (Lipinski definition) is 2. The van der Waals surface area contributed by atoms with Crippen molar-refractivity contribution in [2.24, 2.45) is 11.8 Å². The molecule has 0 fully saturated rings. The van der Waals surface area contributed by atoms with Crippen LogP contribution in [0.3, 0.4) is 0 Å². The summed E-state index contributed by atoms with van der Waals surface area (Å²) in [5.41, 5.74) is 1.27. The summed E-state index contributed by atoms with van der Waals surface area (Å²) in [5.74, 6) is 1.36. The summed E-state index contributed by atoms with van der Waals surface area (Å²) in [7, 11) is 0. The van der Waals surface area contributed by atoms with E-state index in [0.29, 0.717) is 19.3 Å². The van der Waals surface area contributed by atoms with Crippen LogP contribution in [0.4, 0.5) is 0 Å². The molecule has 0 saturated carbocycles. The molecule has 0 amide bonds. The lowest BCUT2D eigenvalue weighted by molar-refractivity contribution is -0.0568. The van der Waals surface area contributed by atoms with Crippen LogP contribution in [0.15, 0.2) is 23.8 Å². The minimum absolute atomic E-state index is 0.410. The highest BCUT2D eigenvalue weighted by molar-refractivity contribution is 5.22. The molecule has 0 bridgehead atoms. The van der Waals surface area contributed by atoms with Crippen LogP contribution in [0.25, 0.3) is 0 Å². The van der Waals surface area contributed by atoms with Crippen LogP contribution in [-0.4, -0.2) is 20.0 Å². The summed E-state index contributed by atoms with van der Waals surface area (Å²) in [5, 5.41) is 0. The van der Waals surface area contributed by atoms with Crippen LogP contribution < -0.4 is 0 Å². The van der Waals surface area contributed by atoms with Gasteiger partial charge in [-0.05, 0) is 36.7 Å². The second-order valence-electron chi connectivity index (χ2n) is 5.33. The summed E-state index contributed by atoms with van der Waals surface area (Å²) in [6, 6.07) is 0. The minimum atomic E-state index is 0.410. The van der Waals surface area contributed by atoms with Crippen molar-refractivity contribution in [1.29, 1.82) is 0 Å². The van der Waals surface area contributed by atoms with Gasteiger partial charge in [-0.25, -0.2) is 0 Å². The van der Waals surface area contributed by atoms with Gasteiger partial charge in [0.15, 0.2) is 0 Å². The van der Waals surface area contributed by atoms with Gasteiger partial charge in [-0.2, -0.15) is 0 Å². The fourth-order valence-corrected chi connectivity index (χ4v) is 2.12. The molecular weight excluding hydrogens is 212 g/mol. The molecule has 1 atom stereocenters. The number of rotatable bonds is 8. The van der Waals surface area contributed by atoms with Gasteiger partial charge >= 0.3 is 0 Å². The van der Waals surface area contributed by atoms with E-state index in [0.717, 1.165) is 25.4 Å². The van der Waals surface area contributed by atoms with E-state index in [2.05, 4.69) is 39.0 Å². The quantitative estimate of drug-likeness (QED) is 0.471. The molecule has 1 aliphatic carbocycles. The van der Waals surface area contributed by atoms with E-state index in [9.17, 15) is 0 Å². The van der Waals surface area contributed by atoms with Gasteiger partial charge < -0.3 is 9.47 Å². The van der Waals surface area contributed by atoms with Crippen molar-refractivity contribution in [2.45, 2.75) is 40.0 Å². The topological polar surface area (TPSA) is 18.5 Å². The van der Waals surface area contributed by atoms with Crippen molar-refractivity contribution in [3.8, 4) is 0 Å². The lowest BCUT2D eigenvalue weighted by Gasteiger charge is -2.14. The van der Waals surface area contributed by atoms with Gasteiger partial charge in [0.05, 0.1) is 13.2 Å². The molecule has 1 aliphatic rings. The van der Waals surface area contributed by atoms with Crippen molar-refractivity contribution in [3.05, 3.63) is 23.8 Å². The molecule has 0 radical (unpaired) electrons. The summed E-state index contributed by atoms with van der Waals surface area (Å²) in [6.45, 7) is 8.60. The van der Waals surface area contributed by atoms with Crippen LogP contribution in [0.2, 0.25) is 0 Å². The largest absolute Gasteiger partial charge is 0.355 e. The Morgan fingerprint density at radius 1 is 1.18 bits per heavy atom. The monoisotopic (exact) mass is 238 g/mol. The normalized spacial score (nSPS) is 17.3. The Kier molecular flexibility index (Phi) is 7.22. The third-order valence-corrected chi connectivity index (χ3v) is 2.78. The minimum Gasteiger partial charge on any atom is -0.355 e. The molecule has 98 valence electrons. The molecule has 0 aliphatic heterocycles. The molecule has 17 heavy (non-hydrogen) atoms. The molecule has 0 spiro atoms. The summed E-state index contributed by atoms with van der Waals surface area (Å²) >= 11 is 0. The third-order valence-electron chi connectivity index (χ3n) is 2.78. The second-order valence-corrected chi connectivity index (χ2v) is 5.33. The number of allylic oxidation sites excluding steroid dienone is 2. The Morgan fingerprint density at radius 3 is 2.65 bits per heavy atom. The highest BCUT2D eigenvalue weighted by Gasteiger charge is 2.05. The maximum absolute atomic E-state index is 5.51. The van der Waals surface area contributed by atoms with E-state index in [1.54, 1.807) is 0 Å². The van der Waals surface area contributed by atoms with Crippen LogP contribution in [0.5, 0.6) is 0 Å². The standard InChI is InChI=1S/C15H26O2/c1-13(2)9-14(3)10-16-12-17-11-15-7-5-4-6-8-15/h5,7-8,13-14H,4,6,9-12H2,1-3H3. The van der Waals surface area contributed by atoms with Gasteiger partial charge in [0.2, 0.25) is 0 Å². The molecule has 1 unspecified atom stereocenters. The zero-order chi connectivity index (χ0) is 12.5. The van der Waals surface area contributed by atoms with E-state index in [1.165, 1.54) is 12.0 Å². The van der Waals surface area contributed by atoms with Crippen molar-refractivity contribution in [2.75, 3.05) is 20.0 Å². The Hall–Kier alpha value is -0.600. The highest BCUT2D eigenvalue weighted by atomic mass is 16.7. The molecule has 0 aromatic rings. The molecule has 2 heteroatoms. The first-order valence-corrected chi connectivity index (χ1v) is 6.69. The third kappa shape index (κ3) is 7.35. The van der Waals surface area contributed by atoms with E-state index in [4.69, 9.17) is 9.47 Å². The predicted molar refractivity (Wildman–Crippen MR) is 71.8 cm³/mol. The van der Waals surface area contributed by atoms with Crippen molar-refractivity contribution in [1.82, 2.24) is 0 Å². The average Bonchev–Trinajstić information content (AvgIpc) is 2.29. The zero-order valence-corrected chi connectivity index (χ0v) is 11.4. The molecule has 0 saturated heterocycles. The Bertz CT molecular complexity index is 254.